The van der Waals surface area contributed by atoms with E-state index >= 15 is 0 Å². The summed E-state index contributed by atoms with van der Waals surface area (Å²) in [7, 11) is 0. The van der Waals surface area contributed by atoms with Crippen molar-refractivity contribution in [3.05, 3.63) is 130 Å². The minimum absolute atomic E-state index is 0.00829. The third-order valence-electron chi connectivity index (χ3n) is 7.81. The van der Waals surface area contributed by atoms with Gasteiger partial charge in [0, 0.05) is 42.3 Å². The molecule has 2 aliphatic heterocycles. The summed E-state index contributed by atoms with van der Waals surface area (Å²) in [5.41, 5.74) is 7.21. The summed E-state index contributed by atoms with van der Waals surface area (Å²) in [6, 6.07) is 32.4. The summed E-state index contributed by atoms with van der Waals surface area (Å²) < 4.78 is 0. The van der Waals surface area contributed by atoms with Gasteiger partial charge in [-0.15, -0.1) is 0 Å². The zero-order chi connectivity index (χ0) is 28.3. The highest BCUT2D eigenvalue weighted by Crippen LogP contribution is 2.42. The molecule has 0 aliphatic carbocycles. The van der Waals surface area contributed by atoms with Gasteiger partial charge in [-0.05, 0) is 73.0 Å². The van der Waals surface area contributed by atoms with Gasteiger partial charge in [0.2, 0.25) is 0 Å². The number of fused-ring (bicyclic) bond motifs is 1. The van der Waals surface area contributed by atoms with Gasteiger partial charge in [-0.25, -0.2) is 0 Å². The highest BCUT2D eigenvalue weighted by molar-refractivity contribution is 8.04. The van der Waals surface area contributed by atoms with E-state index in [1.807, 2.05) is 76.5 Å². The first kappa shape index (κ1) is 26.9. The molecule has 6 rings (SSSR count). The molecule has 0 aromatic heterocycles. The number of hydrogen-bond acceptors (Lipinski definition) is 4. The van der Waals surface area contributed by atoms with Gasteiger partial charge >= 0.3 is 0 Å². The SMILES string of the molecule is Cc1ccc(C)c(CN2C(=O)C(=Cc3ccc(C(=O)N4CCN(c5ccccc5)CC4)cc3)Sc3ccccc32)c1. The van der Waals surface area contributed by atoms with Crippen LogP contribution in [-0.2, 0) is 11.3 Å². The molecular formula is C35H33N3O2S. The number of nitrogens with zero attached hydrogens (tertiary/aromatic N) is 3. The quantitative estimate of drug-likeness (QED) is 0.248. The molecule has 0 bridgehead atoms. The van der Waals surface area contributed by atoms with Crippen molar-refractivity contribution in [2.24, 2.45) is 0 Å². The Bertz CT molecular complexity index is 1610. The number of anilines is 2. The predicted molar refractivity (Wildman–Crippen MR) is 168 cm³/mol. The van der Waals surface area contributed by atoms with E-state index in [-0.39, 0.29) is 11.8 Å². The van der Waals surface area contributed by atoms with Crippen molar-refractivity contribution >= 4 is 41.0 Å². The molecule has 0 saturated carbocycles. The van der Waals surface area contributed by atoms with Crippen molar-refractivity contribution in [2.45, 2.75) is 25.3 Å². The molecule has 1 fully saturated rings. The summed E-state index contributed by atoms with van der Waals surface area (Å²) in [5, 5.41) is 0. The number of benzene rings is 4. The van der Waals surface area contributed by atoms with Crippen LogP contribution in [0.25, 0.3) is 6.08 Å². The van der Waals surface area contributed by atoms with Crippen LogP contribution in [0.4, 0.5) is 11.4 Å². The van der Waals surface area contributed by atoms with Gasteiger partial charge < -0.3 is 14.7 Å². The largest absolute Gasteiger partial charge is 0.368 e. The molecule has 1 saturated heterocycles. The van der Waals surface area contributed by atoms with E-state index in [9.17, 15) is 9.59 Å². The molecule has 0 unspecified atom stereocenters. The second kappa shape index (κ2) is 11.7. The molecule has 0 atom stereocenters. The lowest BCUT2D eigenvalue weighted by molar-refractivity contribution is -0.114. The maximum atomic E-state index is 13.8. The van der Waals surface area contributed by atoms with Crippen molar-refractivity contribution in [3.8, 4) is 0 Å². The molecule has 206 valence electrons. The Morgan fingerprint density at radius 1 is 0.829 bits per heavy atom. The minimum atomic E-state index is -0.00829. The Labute approximate surface area is 246 Å². The highest BCUT2D eigenvalue weighted by atomic mass is 32.2. The number of carbonyl (C=O) groups excluding carboxylic acids is 2. The van der Waals surface area contributed by atoms with Gasteiger partial charge in [0.15, 0.2) is 0 Å². The molecule has 4 aromatic carbocycles. The lowest BCUT2D eigenvalue weighted by atomic mass is 10.0. The fraction of sp³-hybridized carbons (Fsp3) is 0.200. The van der Waals surface area contributed by atoms with Gasteiger partial charge in [0.1, 0.15) is 0 Å². The van der Waals surface area contributed by atoms with Gasteiger partial charge in [-0.1, -0.05) is 78.0 Å². The lowest BCUT2D eigenvalue weighted by Gasteiger charge is -2.36. The van der Waals surface area contributed by atoms with Crippen LogP contribution in [0.1, 0.15) is 32.6 Å². The molecule has 0 N–H and O–H groups in total. The Balaban J connectivity index is 1.18. The van der Waals surface area contributed by atoms with Crippen molar-refractivity contribution in [1.82, 2.24) is 4.90 Å². The van der Waals surface area contributed by atoms with E-state index in [0.717, 1.165) is 34.8 Å². The molecular weight excluding hydrogens is 526 g/mol. The van der Waals surface area contributed by atoms with Gasteiger partial charge in [-0.3, -0.25) is 9.59 Å². The minimum Gasteiger partial charge on any atom is -0.368 e. The first-order valence-electron chi connectivity index (χ1n) is 14.0. The number of amides is 2. The van der Waals surface area contributed by atoms with Crippen LogP contribution in [0.3, 0.4) is 0 Å². The highest BCUT2D eigenvalue weighted by Gasteiger charge is 2.29. The number of thioether (sulfide) groups is 1. The van der Waals surface area contributed by atoms with E-state index in [1.54, 1.807) is 0 Å². The van der Waals surface area contributed by atoms with Crippen LogP contribution in [-0.4, -0.2) is 42.9 Å². The van der Waals surface area contributed by atoms with Crippen molar-refractivity contribution < 1.29 is 9.59 Å². The molecule has 2 aliphatic rings. The standard InChI is InChI=1S/C35H33N3O2S/c1-25-12-13-26(2)29(22-25)24-38-31-10-6-7-11-32(31)41-33(35(38)40)23-27-14-16-28(17-15-27)34(39)37-20-18-36(19-21-37)30-8-4-3-5-9-30/h3-17,22-23H,18-21,24H2,1-2H3. The van der Waals surface area contributed by atoms with Crippen molar-refractivity contribution in [2.75, 3.05) is 36.0 Å². The van der Waals surface area contributed by atoms with Crippen LogP contribution >= 0.6 is 11.8 Å². The monoisotopic (exact) mass is 559 g/mol. The maximum Gasteiger partial charge on any atom is 0.265 e. The second-order valence-corrected chi connectivity index (χ2v) is 11.7. The van der Waals surface area contributed by atoms with Gasteiger partial charge in [0.05, 0.1) is 17.1 Å². The van der Waals surface area contributed by atoms with Crippen LogP contribution in [0, 0.1) is 13.8 Å². The van der Waals surface area contributed by atoms with E-state index in [2.05, 4.69) is 55.1 Å². The van der Waals surface area contributed by atoms with Crippen LogP contribution in [0.5, 0.6) is 0 Å². The molecule has 41 heavy (non-hydrogen) atoms. The lowest BCUT2D eigenvalue weighted by Crippen LogP contribution is -2.48. The van der Waals surface area contributed by atoms with E-state index in [4.69, 9.17) is 0 Å². The average molecular weight is 560 g/mol. The van der Waals surface area contributed by atoms with E-state index in [1.165, 1.54) is 28.6 Å². The zero-order valence-corrected chi connectivity index (χ0v) is 24.2. The smallest absolute Gasteiger partial charge is 0.265 e. The van der Waals surface area contributed by atoms with Crippen molar-refractivity contribution in [3.63, 3.8) is 0 Å². The topological polar surface area (TPSA) is 43.9 Å². The van der Waals surface area contributed by atoms with Gasteiger partial charge in [-0.2, -0.15) is 0 Å². The van der Waals surface area contributed by atoms with Crippen LogP contribution in [0.15, 0.2) is 107 Å². The third kappa shape index (κ3) is 5.79. The number of piperazine rings is 1. The molecule has 4 aromatic rings. The molecule has 6 heteroatoms. The fourth-order valence-corrected chi connectivity index (χ4v) is 6.48. The van der Waals surface area contributed by atoms with E-state index in [0.29, 0.717) is 30.1 Å². The first-order valence-corrected chi connectivity index (χ1v) is 14.8. The fourth-order valence-electron chi connectivity index (χ4n) is 5.42. The summed E-state index contributed by atoms with van der Waals surface area (Å²) >= 11 is 1.50. The Morgan fingerprint density at radius 3 is 2.29 bits per heavy atom. The summed E-state index contributed by atoms with van der Waals surface area (Å²) in [4.78, 5) is 34.9. The zero-order valence-electron chi connectivity index (χ0n) is 23.4. The number of rotatable bonds is 5. The first-order chi connectivity index (χ1) is 20.0. The number of hydrogen-bond donors (Lipinski definition) is 0. The number of para-hydroxylation sites is 2. The summed E-state index contributed by atoms with van der Waals surface area (Å²) in [6.45, 7) is 7.72. The average Bonchev–Trinajstić information content (AvgIpc) is 3.01. The predicted octanol–water partition coefficient (Wildman–Crippen LogP) is 6.95. The summed E-state index contributed by atoms with van der Waals surface area (Å²) in [5.74, 6) is 0.0414. The van der Waals surface area contributed by atoms with E-state index < -0.39 is 0 Å². The van der Waals surface area contributed by atoms with Crippen LogP contribution < -0.4 is 9.80 Å². The van der Waals surface area contributed by atoms with Crippen molar-refractivity contribution in [1.29, 1.82) is 0 Å². The Morgan fingerprint density at radius 2 is 1.54 bits per heavy atom. The summed E-state index contributed by atoms with van der Waals surface area (Å²) in [6.07, 6.45) is 1.94. The maximum absolute atomic E-state index is 13.8. The number of carbonyl (C=O) groups is 2. The van der Waals surface area contributed by atoms with Gasteiger partial charge in [0.25, 0.3) is 11.8 Å². The molecule has 2 heterocycles. The van der Waals surface area contributed by atoms with Crippen LogP contribution in [0.2, 0.25) is 0 Å². The molecule has 2 amide bonds. The second-order valence-electron chi connectivity index (χ2n) is 10.6. The molecule has 0 spiro atoms. The molecule has 0 radical (unpaired) electrons. The normalized spacial score (nSPS) is 16.2. The number of aryl methyl sites for hydroxylation is 2. The molecule has 5 nitrogen and oxygen atoms in total. The third-order valence-corrected chi connectivity index (χ3v) is 8.89. The Hall–Kier alpha value is -4.29. The Kier molecular flexibility index (Phi) is 7.66.